The van der Waals surface area contributed by atoms with Crippen molar-refractivity contribution in [1.29, 1.82) is 0 Å². The van der Waals surface area contributed by atoms with Gasteiger partial charge in [-0.25, -0.2) is 0 Å². The number of nitrogens with one attached hydrogen (secondary N) is 1. The van der Waals surface area contributed by atoms with Crippen LogP contribution in [0.5, 0.6) is 0 Å². The van der Waals surface area contributed by atoms with Crippen molar-refractivity contribution in [3.8, 4) is 0 Å². The maximum Gasteiger partial charge on any atom is 0.0597 e. The number of hydrogen-bond acceptors (Lipinski definition) is 4. The molecule has 0 rings (SSSR count). The second kappa shape index (κ2) is 8.44. The van der Waals surface area contributed by atoms with Crippen molar-refractivity contribution in [3.05, 3.63) is 0 Å². The lowest BCUT2D eigenvalue weighted by Crippen LogP contribution is -2.41. The van der Waals surface area contributed by atoms with Crippen LogP contribution in [0, 0.1) is 0 Å². The van der Waals surface area contributed by atoms with Gasteiger partial charge in [0, 0.05) is 25.7 Å². The van der Waals surface area contributed by atoms with Crippen LogP contribution < -0.4 is 5.32 Å². The summed E-state index contributed by atoms with van der Waals surface area (Å²) in [5.74, 6) is 0. The maximum atomic E-state index is 8.93. The van der Waals surface area contributed by atoms with E-state index in [2.05, 4.69) is 10.2 Å². The summed E-state index contributed by atoms with van der Waals surface area (Å²) in [5, 5.41) is 12.0. The number of aliphatic hydroxyl groups excluding tert-OH is 1. The third-order valence-electron chi connectivity index (χ3n) is 1.98. The highest BCUT2D eigenvalue weighted by Crippen LogP contribution is 1.88. The van der Waals surface area contributed by atoms with Crippen LogP contribution in [0.2, 0.25) is 0 Å². The summed E-state index contributed by atoms with van der Waals surface area (Å²) in [6.07, 6.45) is 0. The number of aliphatic hydroxyl groups is 1. The van der Waals surface area contributed by atoms with E-state index in [0.29, 0.717) is 0 Å². The molecule has 0 bridgehead atoms. The molecular formula is C9H22N2O2. The van der Waals surface area contributed by atoms with Gasteiger partial charge in [0.05, 0.1) is 13.2 Å². The molecule has 0 aromatic heterocycles. The lowest BCUT2D eigenvalue weighted by Gasteiger charge is -2.21. The lowest BCUT2D eigenvalue weighted by molar-refractivity contribution is 0.114. The minimum atomic E-state index is 0.159. The van der Waals surface area contributed by atoms with E-state index in [0.717, 1.165) is 26.3 Å². The molecule has 2 N–H and O–H groups in total. The third-order valence-corrected chi connectivity index (χ3v) is 1.98. The molecule has 0 aliphatic carbocycles. The quantitative estimate of drug-likeness (QED) is 0.508. The minimum Gasteiger partial charge on any atom is -0.395 e. The predicted molar refractivity (Wildman–Crippen MR) is 53.9 cm³/mol. The van der Waals surface area contributed by atoms with Gasteiger partial charge in [-0.2, -0.15) is 0 Å². The molecule has 4 nitrogen and oxygen atoms in total. The van der Waals surface area contributed by atoms with Gasteiger partial charge in [0.15, 0.2) is 0 Å². The van der Waals surface area contributed by atoms with Gasteiger partial charge in [0.2, 0.25) is 0 Å². The van der Waals surface area contributed by atoms with Crippen LogP contribution in [-0.2, 0) is 4.74 Å². The van der Waals surface area contributed by atoms with Gasteiger partial charge in [-0.3, -0.25) is 0 Å². The molecule has 0 saturated carbocycles. The van der Waals surface area contributed by atoms with Crippen LogP contribution in [-0.4, -0.2) is 63.1 Å². The van der Waals surface area contributed by atoms with E-state index in [1.165, 1.54) is 0 Å². The first-order valence-corrected chi connectivity index (χ1v) is 4.79. The summed E-state index contributed by atoms with van der Waals surface area (Å²) in [5.41, 5.74) is 0. The number of rotatable bonds is 8. The molecule has 0 saturated heterocycles. The Bertz CT molecular complexity index is 108. The zero-order valence-electron chi connectivity index (χ0n) is 8.92. The van der Waals surface area contributed by atoms with E-state index in [1.807, 2.05) is 21.0 Å². The average molecular weight is 190 g/mol. The molecule has 0 amide bonds. The first-order valence-electron chi connectivity index (χ1n) is 4.79. The molecule has 80 valence electrons. The molecule has 0 fully saturated rings. The Morgan fingerprint density at radius 2 is 2.23 bits per heavy atom. The largest absolute Gasteiger partial charge is 0.395 e. The highest BCUT2D eigenvalue weighted by atomic mass is 16.5. The molecular weight excluding hydrogens is 168 g/mol. The van der Waals surface area contributed by atoms with Crippen molar-refractivity contribution in [2.24, 2.45) is 0 Å². The van der Waals surface area contributed by atoms with Crippen LogP contribution in [0.1, 0.15) is 6.92 Å². The zero-order chi connectivity index (χ0) is 10.1. The second-order valence-corrected chi connectivity index (χ2v) is 3.13. The summed E-state index contributed by atoms with van der Waals surface area (Å²) in [6, 6.07) is 0.159. The Kier molecular flexibility index (Phi) is 8.33. The van der Waals surface area contributed by atoms with Crippen molar-refractivity contribution in [3.63, 3.8) is 0 Å². The minimum absolute atomic E-state index is 0.159. The maximum absolute atomic E-state index is 8.93. The van der Waals surface area contributed by atoms with Crippen LogP contribution in [0.4, 0.5) is 0 Å². The van der Waals surface area contributed by atoms with Gasteiger partial charge < -0.3 is 20.1 Å². The topological polar surface area (TPSA) is 44.7 Å². The smallest absolute Gasteiger partial charge is 0.0597 e. The van der Waals surface area contributed by atoms with Gasteiger partial charge in [0.25, 0.3) is 0 Å². The molecule has 13 heavy (non-hydrogen) atoms. The molecule has 0 aromatic rings. The van der Waals surface area contributed by atoms with E-state index >= 15 is 0 Å². The van der Waals surface area contributed by atoms with Gasteiger partial charge >= 0.3 is 0 Å². The third kappa shape index (κ3) is 6.95. The number of likely N-dealkylation sites (N-methyl/N-ethyl adjacent to an activating group) is 2. The van der Waals surface area contributed by atoms with Gasteiger partial charge in [-0.15, -0.1) is 0 Å². The Morgan fingerprint density at radius 3 is 2.69 bits per heavy atom. The molecule has 0 aliphatic rings. The fourth-order valence-electron chi connectivity index (χ4n) is 1.07. The van der Waals surface area contributed by atoms with E-state index in [1.54, 1.807) is 0 Å². The van der Waals surface area contributed by atoms with Crippen LogP contribution in [0.15, 0.2) is 0 Å². The zero-order valence-corrected chi connectivity index (χ0v) is 8.92. The lowest BCUT2D eigenvalue weighted by atomic mass is 10.3. The summed E-state index contributed by atoms with van der Waals surface area (Å²) < 4.78 is 5.23. The van der Waals surface area contributed by atoms with Crippen molar-refractivity contribution >= 4 is 0 Å². The highest BCUT2D eigenvalue weighted by Gasteiger charge is 2.07. The SMILES string of the molecule is CCOCCN(C)CC(CO)NC. The number of ether oxygens (including phenoxy) is 1. The molecule has 1 unspecified atom stereocenters. The summed E-state index contributed by atoms with van der Waals surface area (Å²) in [6.45, 7) is 5.45. The standard InChI is InChI=1S/C9H22N2O2/c1-4-13-6-5-11(3)7-9(8-12)10-2/h9-10,12H,4-8H2,1-3H3. The van der Waals surface area contributed by atoms with E-state index in [9.17, 15) is 0 Å². The normalized spacial score (nSPS) is 13.6. The fraction of sp³-hybridized carbons (Fsp3) is 1.00. The van der Waals surface area contributed by atoms with Crippen LogP contribution in [0.25, 0.3) is 0 Å². The number of nitrogens with zero attached hydrogens (tertiary/aromatic N) is 1. The Morgan fingerprint density at radius 1 is 1.54 bits per heavy atom. The van der Waals surface area contributed by atoms with Crippen LogP contribution >= 0.6 is 0 Å². The summed E-state index contributed by atoms with van der Waals surface area (Å²) in [4.78, 5) is 2.15. The first-order chi connectivity index (χ1) is 6.24. The fourth-order valence-corrected chi connectivity index (χ4v) is 1.07. The van der Waals surface area contributed by atoms with Crippen molar-refractivity contribution in [1.82, 2.24) is 10.2 Å². The summed E-state index contributed by atoms with van der Waals surface area (Å²) in [7, 11) is 3.89. The molecule has 4 heteroatoms. The molecule has 0 heterocycles. The monoisotopic (exact) mass is 190 g/mol. The molecule has 0 aliphatic heterocycles. The summed E-state index contributed by atoms with van der Waals surface area (Å²) >= 11 is 0. The predicted octanol–water partition coefficient (Wildman–Crippen LogP) is -0.465. The average Bonchev–Trinajstić information content (AvgIpc) is 2.14. The van der Waals surface area contributed by atoms with Crippen LogP contribution in [0.3, 0.4) is 0 Å². The van der Waals surface area contributed by atoms with Crippen molar-refractivity contribution in [2.45, 2.75) is 13.0 Å². The van der Waals surface area contributed by atoms with E-state index in [-0.39, 0.29) is 12.6 Å². The molecule has 0 radical (unpaired) electrons. The van der Waals surface area contributed by atoms with E-state index < -0.39 is 0 Å². The molecule has 0 aromatic carbocycles. The van der Waals surface area contributed by atoms with Gasteiger partial charge in [-0.05, 0) is 21.0 Å². The second-order valence-electron chi connectivity index (χ2n) is 3.13. The Hall–Kier alpha value is -0.160. The molecule has 1 atom stereocenters. The first kappa shape index (κ1) is 12.8. The van der Waals surface area contributed by atoms with Crippen molar-refractivity contribution < 1.29 is 9.84 Å². The Balaban J connectivity index is 3.42. The Labute approximate surface area is 80.9 Å². The van der Waals surface area contributed by atoms with Gasteiger partial charge in [0.1, 0.15) is 0 Å². The number of hydrogen-bond donors (Lipinski definition) is 2. The van der Waals surface area contributed by atoms with Gasteiger partial charge in [-0.1, -0.05) is 0 Å². The van der Waals surface area contributed by atoms with Crippen molar-refractivity contribution in [2.75, 3.05) is 47.0 Å². The van der Waals surface area contributed by atoms with E-state index in [4.69, 9.17) is 9.84 Å². The molecule has 0 spiro atoms. The highest BCUT2D eigenvalue weighted by molar-refractivity contribution is 4.66.